The van der Waals surface area contributed by atoms with Crippen molar-refractivity contribution in [3.05, 3.63) is 77.4 Å². The molecule has 0 radical (unpaired) electrons. The fraction of sp³-hybridized carbons (Fsp3) is 0.240. The summed E-state index contributed by atoms with van der Waals surface area (Å²) in [5.41, 5.74) is 0.277. The molecule has 3 aromatic carbocycles. The maximum atomic E-state index is 13.8. The van der Waals surface area contributed by atoms with E-state index in [1.165, 1.54) is 32.4 Å². The molecule has 0 heterocycles. The van der Waals surface area contributed by atoms with Gasteiger partial charge in [0, 0.05) is 0 Å². The number of hydrogen-bond donors (Lipinski definition) is 1. The SMILES string of the molecule is COc1ccc(C)cc1NC(=O)CN(c1cccc(C(F)(F)F)c1)S(=O)(=O)c1cc(C)ccc1OC. The first-order valence-electron chi connectivity index (χ1n) is 10.7. The summed E-state index contributed by atoms with van der Waals surface area (Å²) < 4.78 is 78.8. The normalized spacial score (nSPS) is 11.6. The number of alkyl halides is 3. The van der Waals surface area contributed by atoms with E-state index in [0.29, 0.717) is 21.7 Å². The van der Waals surface area contributed by atoms with E-state index in [2.05, 4.69) is 5.32 Å². The molecule has 192 valence electrons. The van der Waals surface area contributed by atoms with Crippen LogP contribution in [0.1, 0.15) is 16.7 Å². The van der Waals surface area contributed by atoms with Crippen LogP contribution < -0.4 is 19.1 Å². The van der Waals surface area contributed by atoms with Gasteiger partial charge in [0.1, 0.15) is 22.9 Å². The largest absolute Gasteiger partial charge is 0.495 e. The van der Waals surface area contributed by atoms with E-state index in [4.69, 9.17) is 9.47 Å². The maximum Gasteiger partial charge on any atom is 0.416 e. The van der Waals surface area contributed by atoms with E-state index < -0.39 is 34.2 Å². The van der Waals surface area contributed by atoms with Gasteiger partial charge in [-0.05, 0) is 67.4 Å². The van der Waals surface area contributed by atoms with Crippen LogP contribution in [0.2, 0.25) is 0 Å². The number of rotatable bonds is 8. The van der Waals surface area contributed by atoms with Crippen LogP contribution in [0.25, 0.3) is 0 Å². The second-order valence-corrected chi connectivity index (χ2v) is 9.80. The number of nitrogens with zero attached hydrogens (tertiary/aromatic N) is 1. The van der Waals surface area contributed by atoms with Crippen LogP contribution in [0.4, 0.5) is 24.5 Å². The lowest BCUT2D eigenvalue weighted by Gasteiger charge is -2.26. The van der Waals surface area contributed by atoms with Crippen molar-refractivity contribution in [1.29, 1.82) is 0 Å². The Balaban J connectivity index is 2.10. The van der Waals surface area contributed by atoms with Gasteiger partial charge in [0.15, 0.2) is 0 Å². The number of nitrogens with one attached hydrogen (secondary N) is 1. The second kappa shape index (κ2) is 10.5. The molecule has 0 aliphatic heterocycles. The Hall–Kier alpha value is -3.73. The number of carbonyl (C=O) groups excluding carboxylic acids is 1. The van der Waals surface area contributed by atoms with Gasteiger partial charge in [-0.15, -0.1) is 0 Å². The number of sulfonamides is 1. The Kier molecular flexibility index (Phi) is 7.83. The Morgan fingerprint density at radius 1 is 0.917 bits per heavy atom. The van der Waals surface area contributed by atoms with Gasteiger partial charge in [-0.25, -0.2) is 8.42 Å². The van der Waals surface area contributed by atoms with Gasteiger partial charge in [-0.3, -0.25) is 9.10 Å². The molecule has 36 heavy (non-hydrogen) atoms. The highest BCUT2D eigenvalue weighted by molar-refractivity contribution is 7.93. The third-order valence-electron chi connectivity index (χ3n) is 5.26. The Labute approximate surface area is 207 Å². The van der Waals surface area contributed by atoms with Gasteiger partial charge in [-0.1, -0.05) is 18.2 Å². The zero-order valence-electron chi connectivity index (χ0n) is 20.0. The number of halogens is 3. The van der Waals surface area contributed by atoms with Gasteiger partial charge >= 0.3 is 6.18 Å². The summed E-state index contributed by atoms with van der Waals surface area (Å²) >= 11 is 0. The predicted octanol–water partition coefficient (Wildman–Crippen LogP) is 5.17. The number of aryl methyl sites for hydroxylation is 2. The zero-order valence-corrected chi connectivity index (χ0v) is 20.8. The van der Waals surface area contributed by atoms with Crippen LogP contribution in [-0.4, -0.2) is 35.1 Å². The summed E-state index contributed by atoms with van der Waals surface area (Å²) in [5.74, 6) is -0.465. The number of hydrogen-bond acceptors (Lipinski definition) is 5. The van der Waals surface area contributed by atoms with Crippen LogP contribution in [0, 0.1) is 13.8 Å². The molecule has 1 amide bonds. The third kappa shape index (κ3) is 5.91. The van der Waals surface area contributed by atoms with E-state index in [9.17, 15) is 26.4 Å². The number of amides is 1. The van der Waals surface area contributed by atoms with Crippen molar-refractivity contribution < 1.29 is 35.9 Å². The summed E-state index contributed by atoms with van der Waals surface area (Å²) in [6.07, 6.45) is -4.72. The highest BCUT2D eigenvalue weighted by Crippen LogP contribution is 2.35. The monoisotopic (exact) mass is 522 g/mol. The van der Waals surface area contributed by atoms with Crippen molar-refractivity contribution >= 4 is 27.3 Å². The van der Waals surface area contributed by atoms with Crippen molar-refractivity contribution in [2.45, 2.75) is 24.9 Å². The Morgan fingerprint density at radius 2 is 1.53 bits per heavy atom. The van der Waals surface area contributed by atoms with Crippen LogP contribution in [-0.2, 0) is 21.0 Å². The first-order valence-corrected chi connectivity index (χ1v) is 12.1. The number of ether oxygens (including phenoxy) is 2. The lowest BCUT2D eigenvalue weighted by atomic mass is 10.2. The molecule has 0 fully saturated rings. The molecule has 0 spiro atoms. The lowest BCUT2D eigenvalue weighted by Crippen LogP contribution is -2.38. The van der Waals surface area contributed by atoms with Gasteiger partial charge in [0.2, 0.25) is 5.91 Å². The summed E-state index contributed by atoms with van der Waals surface area (Å²) in [6.45, 7) is 2.64. The third-order valence-corrected chi connectivity index (χ3v) is 7.06. The van der Waals surface area contributed by atoms with Crippen molar-refractivity contribution in [1.82, 2.24) is 0 Å². The van der Waals surface area contributed by atoms with Gasteiger partial charge < -0.3 is 14.8 Å². The predicted molar refractivity (Wildman–Crippen MR) is 130 cm³/mol. The molecular formula is C25H25F3N2O5S. The van der Waals surface area contributed by atoms with Gasteiger partial charge in [0.05, 0.1) is 31.2 Å². The lowest BCUT2D eigenvalue weighted by molar-refractivity contribution is -0.137. The minimum absolute atomic E-state index is 0.0154. The maximum absolute atomic E-state index is 13.8. The average molecular weight is 523 g/mol. The summed E-state index contributed by atoms with van der Waals surface area (Å²) in [4.78, 5) is 12.7. The molecule has 0 aromatic heterocycles. The molecule has 0 atom stereocenters. The Bertz CT molecular complexity index is 1370. The fourth-order valence-corrected chi connectivity index (χ4v) is 5.15. The van der Waals surface area contributed by atoms with E-state index in [1.54, 1.807) is 38.1 Å². The smallest absolute Gasteiger partial charge is 0.416 e. The molecular weight excluding hydrogens is 497 g/mol. The van der Waals surface area contributed by atoms with E-state index >= 15 is 0 Å². The van der Waals surface area contributed by atoms with Crippen LogP contribution in [0.15, 0.2) is 65.6 Å². The molecule has 0 saturated heterocycles. The molecule has 1 N–H and O–H groups in total. The Morgan fingerprint density at radius 3 is 2.14 bits per heavy atom. The van der Waals surface area contributed by atoms with Crippen LogP contribution in [0.5, 0.6) is 11.5 Å². The van der Waals surface area contributed by atoms with E-state index in [-0.39, 0.29) is 22.0 Å². The second-order valence-electron chi connectivity index (χ2n) is 7.97. The zero-order chi connectivity index (χ0) is 26.7. The quantitative estimate of drug-likeness (QED) is 0.441. The molecule has 0 aliphatic rings. The topological polar surface area (TPSA) is 84.9 Å². The highest BCUT2D eigenvalue weighted by Gasteiger charge is 2.34. The van der Waals surface area contributed by atoms with Crippen molar-refractivity contribution in [2.24, 2.45) is 0 Å². The standard InChI is InChI=1S/C25H25F3N2O5S/c1-16-8-10-21(34-3)20(12-16)29-24(31)15-30(19-7-5-6-18(14-19)25(26,27)28)36(32,33)23-13-17(2)9-11-22(23)35-4/h5-14H,15H2,1-4H3,(H,29,31). The summed E-state index contributed by atoms with van der Waals surface area (Å²) in [7, 11) is -1.86. The molecule has 7 nitrogen and oxygen atoms in total. The first-order chi connectivity index (χ1) is 16.9. The average Bonchev–Trinajstić information content (AvgIpc) is 2.82. The minimum Gasteiger partial charge on any atom is -0.495 e. The minimum atomic E-state index is -4.72. The molecule has 0 aliphatic carbocycles. The molecule has 0 saturated carbocycles. The number of methoxy groups -OCH3 is 2. The molecule has 3 aromatic rings. The number of benzene rings is 3. The molecule has 3 rings (SSSR count). The summed E-state index contributed by atoms with van der Waals surface area (Å²) in [5, 5.41) is 2.59. The van der Waals surface area contributed by atoms with Crippen molar-refractivity contribution in [3.8, 4) is 11.5 Å². The molecule has 0 bridgehead atoms. The molecule has 11 heteroatoms. The van der Waals surface area contributed by atoms with E-state index in [1.807, 2.05) is 0 Å². The van der Waals surface area contributed by atoms with Crippen LogP contribution >= 0.6 is 0 Å². The van der Waals surface area contributed by atoms with Gasteiger partial charge in [0.25, 0.3) is 10.0 Å². The fourth-order valence-electron chi connectivity index (χ4n) is 3.50. The number of anilines is 2. The van der Waals surface area contributed by atoms with E-state index in [0.717, 1.165) is 17.7 Å². The number of carbonyl (C=O) groups is 1. The van der Waals surface area contributed by atoms with Crippen molar-refractivity contribution in [2.75, 3.05) is 30.4 Å². The van der Waals surface area contributed by atoms with Crippen LogP contribution in [0.3, 0.4) is 0 Å². The first kappa shape index (κ1) is 26.9. The van der Waals surface area contributed by atoms with Gasteiger partial charge in [-0.2, -0.15) is 13.2 Å². The summed E-state index contributed by atoms with van der Waals surface area (Å²) in [6, 6.07) is 13.2. The van der Waals surface area contributed by atoms with Crippen molar-refractivity contribution in [3.63, 3.8) is 0 Å². The molecule has 0 unspecified atom stereocenters. The highest BCUT2D eigenvalue weighted by atomic mass is 32.2.